The number of amides is 2. The van der Waals surface area contributed by atoms with Gasteiger partial charge in [-0.1, -0.05) is 13.0 Å². The summed E-state index contributed by atoms with van der Waals surface area (Å²) in [5, 5.41) is 5.88. The fraction of sp³-hybridized carbons (Fsp3) is 0.440. The summed E-state index contributed by atoms with van der Waals surface area (Å²) >= 11 is 0. The van der Waals surface area contributed by atoms with Crippen molar-refractivity contribution in [2.24, 2.45) is 5.92 Å². The number of benzene rings is 2. The van der Waals surface area contributed by atoms with Crippen LogP contribution in [-0.2, 0) is 4.74 Å². The van der Waals surface area contributed by atoms with E-state index in [1.165, 1.54) is 0 Å². The number of rotatable bonds is 9. The van der Waals surface area contributed by atoms with Gasteiger partial charge in [0.25, 0.3) is 11.8 Å². The van der Waals surface area contributed by atoms with E-state index >= 15 is 0 Å². The van der Waals surface area contributed by atoms with E-state index in [0.717, 1.165) is 38.0 Å². The van der Waals surface area contributed by atoms with Crippen LogP contribution in [0.25, 0.3) is 0 Å². The molecule has 1 heterocycles. The number of hydrogen-bond acceptors (Lipinski definition) is 5. The molecular weight excluding hydrogens is 406 g/mol. The second-order valence-electron chi connectivity index (χ2n) is 8.19. The van der Waals surface area contributed by atoms with Gasteiger partial charge in [0.05, 0.1) is 12.7 Å². The molecule has 1 saturated heterocycles. The number of nitrogens with zero attached hydrogens (tertiary/aromatic N) is 1. The topological polar surface area (TPSA) is 79.9 Å². The lowest BCUT2D eigenvalue weighted by Gasteiger charge is -2.33. The fourth-order valence-electron chi connectivity index (χ4n) is 3.80. The highest BCUT2D eigenvalue weighted by atomic mass is 16.5. The summed E-state index contributed by atoms with van der Waals surface area (Å²) in [6, 6.07) is 12.5. The smallest absolute Gasteiger partial charge is 0.255 e. The van der Waals surface area contributed by atoms with E-state index in [4.69, 9.17) is 9.47 Å². The van der Waals surface area contributed by atoms with Gasteiger partial charge >= 0.3 is 0 Å². The minimum absolute atomic E-state index is 0.146. The molecule has 0 atom stereocenters. The van der Waals surface area contributed by atoms with Gasteiger partial charge in [0.1, 0.15) is 5.75 Å². The SMILES string of the molecule is COCCCNC(=O)c1cc(NC(=O)c2cccc(OC)c2)ccc1N1CCC(C)CC1. The minimum Gasteiger partial charge on any atom is -0.497 e. The number of ether oxygens (including phenoxy) is 2. The normalized spacial score (nSPS) is 14.2. The lowest BCUT2D eigenvalue weighted by atomic mass is 9.97. The van der Waals surface area contributed by atoms with Gasteiger partial charge < -0.3 is 25.0 Å². The lowest BCUT2D eigenvalue weighted by Crippen LogP contribution is -2.35. The summed E-state index contributed by atoms with van der Waals surface area (Å²) in [6.45, 7) is 5.22. The Morgan fingerprint density at radius 1 is 1.06 bits per heavy atom. The van der Waals surface area contributed by atoms with Gasteiger partial charge in [-0.25, -0.2) is 0 Å². The average Bonchev–Trinajstić information content (AvgIpc) is 2.82. The molecule has 1 aliphatic heterocycles. The first-order valence-corrected chi connectivity index (χ1v) is 11.1. The fourth-order valence-corrected chi connectivity index (χ4v) is 3.80. The van der Waals surface area contributed by atoms with Gasteiger partial charge in [-0.3, -0.25) is 9.59 Å². The molecule has 0 aliphatic carbocycles. The van der Waals surface area contributed by atoms with E-state index in [1.807, 2.05) is 12.1 Å². The average molecular weight is 440 g/mol. The molecular formula is C25H33N3O4. The molecule has 0 aromatic heterocycles. The number of anilines is 2. The van der Waals surface area contributed by atoms with Crippen LogP contribution in [0.15, 0.2) is 42.5 Å². The Hall–Kier alpha value is -3.06. The molecule has 2 aromatic carbocycles. The summed E-state index contributed by atoms with van der Waals surface area (Å²) in [5.41, 5.74) is 2.54. The summed E-state index contributed by atoms with van der Waals surface area (Å²) in [5.74, 6) is 0.907. The van der Waals surface area contributed by atoms with Crippen LogP contribution in [0.3, 0.4) is 0 Å². The molecule has 1 aliphatic rings. The standard InChI is InChI=1S/C25H33N3O4/c1-18-10-13-28(14-11-18)23-9-8-20(17-22(23)25(30)26-12-5-15-31-2)27-24(29)19-6-4-7-21(16-19)32-3/h4,6-9,16-18H,5,10-15H2,1-3H3,(H,26,30)(H,27,29). The van der Waals surface area contributed by atoms with Crippen LogP contribution in [-0.4, -0.2) is 52.3 Å². The zero-order valence-corrected chi connectivity index (χ0v) is 19.1. The van der Waals surface area contributed by atoms with Crippen LogP contribution in [0, 0.1) is 5.92 Å². The molecule has 2 N–H and O–H groups in total. The monoisotopic (exact) mass is 439 g/mol. The summed E-state index contributed by atoms with van der Waals surface area (Å²) in [4.78, 5) is 28.0. The maximum Gasteiger partial charge on any atom is 0.255 e. The predicted octanol–water partition coefficient (Wildman–Crippen LogP) is 3.95. The third-order valence-electron chi connectivity index (χ3n) is 5.77. The summed E-state index contributed by atoms with van der Waals surface area (Å²) < 4.78 is 10.3. The van der Waals surface area contributed by atoms with Crippen molar-refractivity contribution in [3.63, 3.8) is 0 Å². The molecule has 3 rings (SSSR count). The Labute approximate surface area is 190 Å². The van der Waals surface area contributed by atoms with Crippen LogP contribution in [0.1, 0.15) is 46.9 Å². The summed E-state index contributed by atoms with van der Waals surface area (Å²) in [6.07, 6.45) is 2.94. The van der Waals surface area contributed by atoms with Crippen molar-refractivity contribution < 1.29 is 19.1 Å². The molecule has 2 amide bonds. The van der Waals surface area contributed by atoms with Crippen LogP contribution >= 0.6 is 0 Å². The Balaban J connectivity index is 1.81. The lowest BCUT2D eigenvalue weighted by molar-refractivity contribution is 0.0947. The Kier molecular flexibility index (Phi) is 8.50. The highest BCUT2D eigenvalue weighted by Crippen LogP contribution is 2.29. The largest absolute Gasteiger partial charge is 0.497 e. The van der Waals surface area contributed by atoms with Crippen LogP contribution in [0.5, 0.6) is 5.75 Å². The number of carbonyl (C=O) groups excluding carboxylic acids is 2. The van der Waals surface area contributed by atoms with Crippen LogP contribution in [0.2, 0.25) is 0 Å². The van der Waals surface area contributed by atoms with Gasteiger partial charge in [0, 0.05) is 50.3 Å². The maximum atomic E-state index is 13.0. The first-order valence-electron chi connectivity index (χ1n) is 11.1. The number of piperidine rings is 1. The van der Waals surface area contributed by atoms with Gasteiger partial charge in [-0.15, -0.1) is 0 Å². The van der Waals surface area contributed by atoms with Gasteiger partial charge in [0.15, 0.2) is 0 Å². The van der Waals surface area contributed by atoms with Crippen molar-refractivity contribution in [2.75, 3.05) is 50.7 Å². The molecule has 0 radical (unpaired) electrons. The molecule has 0 bridgehead atoms. The Bertz CT molecular complexity index is 923. The minimum atomic E-state index is -0.255. The molecule has 0 saturated carbocycles. The van der Waals surface area contributed by atoms with E-state index in [-0.39, 0.29) is 11.8 Å². The third kappa shape index (κ3) is 6.23. The quantitative estimate of drug-likeness (QED) is 0.579. The first-order chi connectivity index (χ1) is 15.5. The van der Waals surface area contributed by atoms with Crippen LogP contribution in [0.4, 0.5) is 11.4 Å². The molecule has 32 heavy (non-hydrogen) atoms. The van der Waals surface area contributed by atoms with E-state index in [0.29, 0.717) is 41.6 Å². The zero-order chi connectivity index (χ0) is 22.9. The van der Waals surface area contributed by atoms with Gasteiger partial charge in [0.2, 0.25) is 0 Å². The highest BCUT2D eigenvalue weighted by Gasteiger charge is 2.22. The maximum absolute atomic E-state index is 13.0. The van der Waals surface area contributed by atoms with Crippen molar-refractivity contribution in [3.05, 3.63) is 53.6 Å². The number of hydrogen-bond donors (Lipinski definition) is 2. The van der Waals surface area contributed by atoms with Crippen molar-refractivity contribution in [2.45, 2.75) is 26.2 Å². The Morgan fingerprint density at radius 2 is 1.84 bits per heavy atom. The molecule has 172 valence electrons. The number of methoxy groups -OCH3 is 2. The number of carbonyl (C=O) groups is 2. The molecule has 2 aromatic rings. The first kappa shape index (κ1) is 23.6. The molecule has 1 fully saturated rings. The van der Waals surface area contributed by atoms with E-state index in [2.05, 4.69) is 22.5 Å². The van der Waals surface area contributed by atoms with Crippen molar-refractivity contribution >= 4 is 23.2 Å². The second kappa shape index (κ2) is 11.5. The van der Waals surface area contributed by atoms with Gasteiger partial charge in [-0.2, -0.15) is 0 Å². The molecule has 7 heteroatoms. The molecule has 0 unspecified atom stereocenters. The van der Waals surface area contributed by atoms with Crippen molar-refractivity contribution in [1.82, 2.24) is 5.32 Å². The second-order valence-corrected chi connectivity index (χ2v) is 8.19. The van der Waals surface area contributed by atoms with E-state index in [9.17, 15) is 9.59 Å². The van der Waals surface area contributed by atoms with Crippen molar-refractivity contribution in [1.29, 1.82) is 0 Å². The van der Waals surface area contributed by atoms with Crippen LogP contribution < -0.4 is 20.3 Å². The highest BCUT2D eigenvalue weighted by molar-refractivity contribution is 6.06. The Morgan fingerprint density at radius 3 is 2.56 bits per heavy atom. The van der Waals surface area contributed by atoms with E-state index < -0.39 is 0 Å². The zero-order valence-electron chi connectivity index (χ0n) is 19.1. The predicted molar refractivity (Wildman–Crippen MR) is 127 cm³/mol. The van der Waals surface area contributed by atoms with E-state index in [1.54, 1.807) is 44.6 Å². The van der Waals surface area contributed by atoms with Gasteiger partial charge in [-0.05, 0) is 61.6 Å². The van der Waals surface area contributed by atoms with Crippen molar-refractivity contribution in [3.8, 4) is 5.75 Å². The number of nitrogens with one attached hydrogen (secondary N) is 2. The molecule has 7 nitrogen and oxygen atoms in total. The third-order valence-corrected chi connectivity index (χ3v) is 5.77. The summed E-state index contributed by atoms with van der Waals surface area (Å²) in [7, 11) is 3.21. The molecule has 0 spiro atoms.